The van der Waals surface area contributed by atoms with E-state index in [1.807, 2.05) is 6.92 Å². The zero-order valence-electron chi connectivity index (χ0n) is 15.7. The van der Waals surface area contributed by atoms with E-state index in [0.29, 0.717) is 36.7 Å². The number of ketones is 1. The monoisotopic (exact) mass is 368 g/mol. The van der Waals surface area contributed by atoms with Crippen molar-refractivity contribution < 1.29 is 14.3 Å². The van der Waals surface area contributed by atoms with E-state index in [4.69, 9.17) is 4.74 Å². The SMILES string of the molecule is CCC(=O)c1ccc(OCC(=O)N2Cc3nnc(C4CC4)n3[C@@H](C)C2)cc1. The zero-order valence-corrected chi connectivity index (χ0v) is 15.7. The zero-order chi connectivity index (χ0) is 19.0. The van der Waals surface area contributed by atoms with Crippen LogP contribution in [0.2, 0.25) is 0 Å². The maximum Gasteiger partial charge on any atom is 0.260 e. The minimum absolute atomic E-state index is 0.0303. The van der Waals surface area contributed by atoms with Crippen LogP contribution in [0, 0.1) is 0 Å². The van der Waals surface area contributed by atoms with Crippen LogP contribution in [0.1, 0.15) is 67.1 Å². The maximum absolute atomic E-state index is 12.6. The van der Waals surface area contributed by atoms with Crippen LogP contribution in [0.4, 0.5) is 0 Å². The molecular formula is C20H24N4O3. The van der Waals surface area contributed by atoms with Gasteiger partial charge in [-0.1, -0.05) is 6.92 Å². The molecule has 1 aliphatic carbocycles. The van der Waals surface area contributed by atoms with E-state index in [1.165, 1.54) is 12.8 Å². The number of rotatable bonds is 6. The van der Waals surface area contributed by atoms with Crippen LogP contribution in [0.15, 0.2) is 24.3 Å². The summed E-state index contributed by atoms with van der Waals surface area (Å²) in [5, 5.41) is 8.64. The lowest BCUT2D eigenvalue weighted by atomic mass is 10.1. The Bertz CT molecular complexity index is 855. The van der Waals surface area contributed by atoms with Gasteiger partial charge in [0.25, 0.3) is 5.91 Å². The Balaban J connectivity index is 1.36. The van der Waals surface area contributed by atoms with Crippen molar-refractivity contribution >= 4 is 11.7 Å². The number of carbonyl (C=O) groups is 2. The second-order valence-electron chi connectivity index (χ2n) is 7.33. The molecule has 7 heteroatoms. The third kappa shape index (κ3) is 3.59. The minimum Gasteiger partial charge on any atom is -0.484 e. The lowest BCUT2D eigenvalue weighted by molar-refractivity contribution is -0.135. The molecule has 0 spiro atoms. The first-order valence-corrected chi connectivity index (χ1v) is 9.54. The Kier molecular flexibility index (Phi) is 4.68. The van der Waals surface area contributed by atoms with Crippen LogP contribution >= 0.6 is 0 Å². The van der Waals surface area contributed by atoms with Crippen molar-refractivity contribution in [3.63, 3.8) is 0 Å². The van der Waals surface area contributed by atoms with Gasteiger partial charge >= 0.3 is 0 Å². The number of hydrogen-bond donors (Lipinski definition) is 0. The minimum atomic E-state index is -0.0715. The summed E-state index contributed by atoms with van der Waals surface area (Å²) >= 11 is 0. The van der Waals surface area contributed by atoms with Crippen molar-refractivity contribution in [2.24, 2.45) is 0 Å². The molecule has 1 aromatic heterocycles. The van der Waals surface area contributed by atoms with E-state index >= 15 is 0 Å². The number of nitrogens with zero attached hydrogens (tertiary/aromatic N) is 4. The molecule has 2 aromatic rings. The number of hydrogen-bond acceptors (Lipinski definition) is 5. The van der Waals surface area contributed by atoms with Gasteiger partial charge in [-0.3, -0.25) is 9.59 Å². The molecular weight excluding hydrogens is 344 g/mol. The van der Waals surface area contributed by atoms with Gasteiger partial charge in [0.2, 0.25) is 0 Å². The molecule has 0 radical (unpaired) electrons. The third-order valence-electron chi connectivity index (χ3n) is 5.21. The fraction of sp³-hybridized carbons (Fsp3) is 0.500. The Morgan fingerprint density at radius 2 is 1.93 bits per heavy atom. The number of benzene rings is 1. The van der Waals surface area contributed by atoms with Crippen LogP contribution in [0.25, 0.3) is 0 Å². The Hall–Kier alpha value is -2.70. The number of ether oxygens (including phenoxy) is 1. The smallest absolute Gasteiger partial charge is 0.260 e. The predicted molar refractivity (Wildman–Crippen MR) is 98.7 cm³/mol. The number of amides is 1. The maximum atomic E-state index is 12.6. The Morgan fingerprint density at radius 1 is 1.19 bits per heavy atom. The van der Waals surface area contributed by atoms with Crippen LogP contribution in [0.5, 0.6) is 5.75 Å². The molecule has 4 rings (SSSR count). The molecule has 1 aliphatic heterocycles. The van der Waals surface area contributed by atoms with Gasteiger partial charge < -0.3 is 14.2 Å². The van der Waals surface area contributed by atoms with Gasteiger partial charge in [-0.05, 0) is 44.0 Å². The molecule has 1 saturated carbocycles. The molecule has 27 heavy (non-hydrogen) atoms. The van der Waals surface area contributed by atoms with Crippen LogP contribution in [0.3, 0.4) is 0 Å². The van der Waals surface area contributed by atoms with Gasteiger partial charge in [-0.15, -0.1) is 10.2 Å². The van der Waals surface area contributed by atoms with Gasteiger partial charge in [0.15, 0.2) is 18.2 Å². The van der Waals surface area contributed by atoms with Crippen molar-refractivity contribution in [2.45, 2.75) is 51.6 Å². The molecule has 0 saturated heterocycles. The van der Waals surface area contributed by atoms with Gasteiger partial charge in [0, 0.05) is 24.4 Å². The van der Waals surface area contributed by atoms with Crippen LogP contribution < -0.4 is 4.74 Å². The largest absolute Gasteiger partial charge is 0.484 e. The van der Waals surface area contributed by atoms with Gasteiger partial charge in [-0.25, -0.2) is 0 Å². The second-order valence-corrected chi connectivity index (χ2v) is 7.33. The third-order valence-corrected chi connectivity index (χ3v) is 5.21. The van der Waals surface area contributed by atoms with E-state index in [0.717, 1.165) is 11.6 Å². The normalized spacial score (nSPS) is 18.9. The highest BCUT2D eigenvalue weighted by Gasteiger charge is 2.35. The lowest BCUT2D eigenvalue weighted by Gasteiger charge is -2.32. The summed E-state index contributed by atoms with van der Waals surface area (Å²) in [5.41, 5.74) is 0.659. The molecule has 1 amide bonds. The van der Waals surface area contributed by atoms with Crippen LogP contribution in [-0.2, 0) is 11.3 Å². The van der Waals surface area contributed by atoms with Gasteiger partial charge in [-0.2, -0.15) is 0 Å². The first-order chi connectivity index (χ1) is 13.1. The van der Waals surface area contributed by atoms with Gasteiger partial charge in [0.1, 0.15) is 11.6 Å². The van der Waals surface area contributed by atoms with E-state index in [-0.39, 0.29) is 24.3 Å². The van der Waals surface area contributed by atoms with E-state index in [9.17, 15) is 9.59 Å². The topological polar surface area (TPSA) is 77.3 Å². The average Bonchev–Trinajstić information content (AvgIpc) is 3.44. The predicted octanol–water partition coefficient (Wildman–Crippen LogP) is 2.73. The Labute approximate surface area is 158 Å². The van der Waals surface area contributed by atoms with Crippen molar-refractivity contribution in [2.75, 3.05) is 13.2 Å². The summed E-state index contributed by atoms with van der Waals surface area (Å²) in [4.78, 5) is 26.0. The van der Waals surface area contributed by atoms with Gasteiger partial charge in [0.05, 0.1) is 12.6 Å². The molecule has 1 aromatic carbocycles. The molecule has 142 valence electrons. The molecule has 7 nitrogen and oxygen atoms in total. The highest BCUT2D eigenvalue weighted by Crippen LogP contribution is 2.40. The number of fused-ring (bicyclic) bond motifs is 1. The molecule has 1 atom stereocenters. The van der Waals surface area contributed by atoms with Crippen LogP contribution in [-0.4, -0.2) is 44.5 Å². The van der Waals surface area contributed by atoms with Crippen molar-refractivity contribution in [3.05, 3.63) is 41.5 Å². The lowest BCUT2D eigenvalue weighted by Crippen LogP contribution is -2.42. The highest BCUT2D eigenvalue weighted by atomic mass is 16.5. The highest BCUT2D eigenvalue weighted by molar-refractivity contribution is 5.95. The number of Topliss-reactive ketones (excluding diaryl/α,β-unsaturated/α-hetero) is 1. The molecule has 0 bridgehead atoms. The van der Waals surface area contributed by atoms with Crippen molar-refractivity contribution in [1.82, 2.24) is 19.7 Å². The molecule has 1 fully saturated rings. The summed E-state index contributed by atoms with van der Waals surface area (Å²) in [6.07, 6.45) is 2.84. The quantitative estimate of drug-likeness (QED) is 0.733. The van der Waals surface area contributed by atoms with Crippen molar-refractivity contribution in [3.8, 4) is 5.75 Å². The molecule has 2 aliphatic rings. The molecule has 2 heterocycles. The van der Waals surface area contributed by atoms with E-state index in [2.05, 4.69) is 21.7 Å². The first-order valence-electron chi connectivity index (χ1n) is 9.54. The summed E-state index contributed by atoms with van der Waals surface area (Å²) in [6, 6.07) is 7.09. The number of carbonyl (C=O) groups excluding carboxylic acids is 2. The fourth-order valence-electron chi connectivity index (χ4n) is 3.55. The summed E-state index contributed by atoms with van der Waals surface area (Å²) < 4.78 is 7.82. The average molecular weight is 368 g/mol. The fourth-order valence-corrected chi connectivity index (χ4v) is 3.55. The van der Waals surface area contributed by atoms with E-state index < -0.39 is 0 Å². The second kappa shape index (κ2) is 7.13. The van der Waals surface area contributed by atoms with E-state index in [1.54, 1.807) is 29.2 Å². The number of aromatic nitrogens is 3. The molecule has 0 unspecified atom stereocenters. The standard InChI is InChI=1S/C20H24N4O3/c1-3-17(25)14-6-8-16(9-7-14)27-12-19(26)23-10-13(2)24-18(11-23)21-22-20(24)15-4-5-15/h6-9,13,15H,3-5,10-12H2,1-2H3/t13-/m0/s1. The van der Waals surface area contributed by atoms with Crippen molar-refractivity contribution in [1.29, 1.82) is 0 Å². The Morgan fingerprint density at radius 3 is 2.59 bits per heavy atom. The first kappa shape index (κ1) is 17.7. The summed E-state index contributed by atoms with van der Waals surface area (Å²) in [6.45, 7) is 5.01. The molecule has 0 N–H and O–H groups in total. The summed E-state index contributed by atoms with van der Waals surface area (Å²) in [5.74, 6) is 3.07. The summed E-state index contributed by atoms with van der Waals surface area (Å²) in [7, 11) is 0.